The largest absolute Gasteiger partial charge is 0.247 e. The Hall–Kier alpha value is -5.71. The summed E-state index contributed by atoms with van der Waals surface area (Å²) in [5.41, 5.74) is 9.59. The van der Waals surface area contributed by atoms with Gasteiger partial charge in [0, 0.05) is 48.2 Å². The lowest BCUT2D eigenvalue weighted by Crippen LogP contribution is -2.04. The number of fused-ring (bicyclic) bond motifs is 5. The second kappa shape index (κ2) is 11.6. The lowest BCUT2D eigenvalue weighted by atomic mass is 9.95. The van der Waals surface area contributed by atoms with Gasteiger partial charge < -0.3 is 0 Å². The third kappa shape index (κ3) is 5.04. The molecule has 47 heavy (non-hydrogen) atoms. The Morgan fingerprint density at radius 2 is 1.23 bits per heavy atom. The smallest absolute Gasteiger partial charge is 0.160 e. The molecule has 1 aliphatic rings. The van der Waals surface area contributed by atoms with Crippen LogP contribution in [0.5, 0.6) is 0 Å². The van der Waals surface area contributed by atoms with E-state index in [0.29, 0.717) is 0 Å². The van der Waals surface area contributed by atoms with Gasteiger partial charge in [-0.15, -0.1) is 11.3 Å². The second-order valence-corrected chi connectivity index (χ2v) is 13.0. The van der Waals surface area contributed by atoms with E-state index >= 15 is 0 Å². The lowest BCUT2D eigenvalue weighted by molar-refractivity contribution is 0.811. The number of nitrogens with zero attached hydrogens (tertiary/aromatic N) is 3. The Balaban J connectivity index is 1.07. The molecule has 3 nitrogen and oxygen atoms in total. The Morgan fingerprint density at radius 1 is 0.553 bits per heavy atom. The van der Waals surface area contributed by atoms with Crippen LogP contribution in [0.15, 0.2) is 158 Å². The number of benzene rings is 5. The minimum Gasteiger partial charge on any atom is -0.247 e. The van der Waals surface area contributed by atoms with Gasteiger partial charge in [-0.25, -0.2) is 15.0 Å². The van der Waals surface area contributed by atoms with Crippen molar-refractivity contribution in [3.8, 4) is 45.0 Å². The van der Waals surface area contributed by atoms with Crippen LogP contribution in [0, 0.1) is 0 Å². The Kier molecular flexibility index (Phi) is 6.80. The highest BCUT2D eigenvalue weighted by Gasteiger charge is 2.17. The van der Waals surface area contributed by atoms with Gasteiger partial charge in [0.2, 0.25) is 0 Å². The molecule has 0 spiro atoms. The highest BCUT2D eigenvalue weighted by atomic mass is 32.1. The summed E-state index contributed by atoms with van der Waals surface area (Å²) in [4.78, 5) is 15.3. The van der Waals surface area contributed by atoms with E-state index in [0.717, 1.165) is 62.7 Å². The van der Waals surface area contributed by atoms with Gasteiger partial charge in [0.25, 0.3) is 0 Å². The molecule has 1 aliphatic carbocycles. The zero-order valence-corrected chi connectivity index (χ0v) is 26.4. The summed E-state index contributed by atoms with van der Waals surface area (Å²) < 4.78 is 2.58. The van der Waals surface area contributed by atoms with Gasteiger partial charge in [0.1, 0.15) is 0 Å². The van der Waals surface area contributed by atoms with Gasteiger partial charge in [-0.05, 0) is 35.7 Å². The van der Waals surface area contributed by atoms with Crippen molar-refractivity contribution in [3.05, 3.63) is 163 Å². The minimum absolute atomic E-state index is 0.243. The number of thiophene rings is 1. The van der Waals surface area contributed by atoms with Crippen LogP contribution in [-0.4, -0.2) is 15.0 Å². The minimum atomic E-state index is 0.243. The molecule has 0 N–H and O–H groups in total. The first-order chi connectivity index (χ1) is 23.3. The predicted octanol–water partition coefficient (Wildman–Crippen LogP) is 11.7. The Morgan fingerprint density at radius 3 is 2.00 bits per heavy atom. The van der Waals surface area contributed by atoms with E-state index in [1.54, 1.807) is 0 Å². The van der Waals surface area contributed by atoms with Crippen molar-refractivity contribution in [1.29, 1.82) is 0 Å². The Labute approximate surface area is 277 Å². The van der Waals surface area contributed by atoms with E-state index < -0.39 is 0 Å². The molecule has 4 heteroatoms. The van der Waals surface area contributed by atoms with Gasteiger partial charge >= 0.3 is 0 Å². The van der Waals surface area contributed by atoms with E-state index in [2.05, 4.69) is 152 Å². The molecule has 1 atom stereocenters. The van der Waals surface area contributed by atoms with Gasteiger partial charge in [0.05, 0.1) is 22.6 Å². The molecule has 0 radical (unpaired) electrons. The quantitative estimate of drug-likeness (QED) is 0.192. The molecule has 0 saturated heterocycles. The fraction of sp³-hybridized carbons (Fsp3) is 0.0465. The van der Waals surface area contributed by atoms with Crippen molar-refractivity contribution < 1.29 is 0 Å². The monoisotopic (exact) mass is 619 g/mol. The SMILES string of the molecule is C1=CCC(c2cc(-c3ccccc3)nc(-c3ccc(-c4ccc(-c5nc6ccccc6c6sc7ccccc7c56)cc4)cc3)n2)C=C1. The second-order valence-electron chi connectivity index (χ2n) is 12.0. The topological polar surface area (TPSA) is 38.7 Å². The third-order valence-electron chi connectivity index (χ3n) is 9.02. The lowest BCUT2D eigenvalue weighted by Gasteiger charge is -2.15. The predicted molar refractivity (Wildman–Crippen MR) is 198 cm³/mol. The highest BCUT2D eigenvalue weighted by molar-refractivity contribution is 7.26. The summed E-state index contributed by atoms with van der Waals surface area (Å²) in [6, 6.07) is 47.1. The summed E-state index contributed by atoms with van der Waals surface area (Å²) in [6.45, 7) is 0. The summed E-state index contributed by atoms with van der Waals surface area (Å²) >= 11 is 1.85. The third-order valence-corrected chi connectivity index (χ3v) is 10.2. The molecule has 3 aromatic heterocycles. The van der Waals surface area contributed by atoms with E-state index in [1.807, 2.05) is 17.4 Å². The fourth-order valence-electron chi connectivity index (χ4n) is 6.59. The molecular weight excluding hydrogens is 591 g/mol. The van der Waals surface area contributed by atoms with Crippen LogP contribution in [-0.2, 0) is 0 Å². The van der Waals surface area contributed by atoms with Crippen molar-refractivity contribution in [3.63, 3.8) is 0 Å². The van der Waals surface area contributed by atoms with Crippen LogP contribution in [0.25, 0.3) is 76.1 Å². The molecule has 1 unspecified atom stereocenters. The van der Waals surface area contributed by atoms with Crippen LogP contribution in [0.4, 0.5) is 0 Å². The molecule has 0 aliphatic heterocycles. The first-order valence-electron chi connectivity index (χ1n) is 16.0. The maximum absolute atomic E-state index is 5.20. The van der Waals surface area contributed by atoms with Crippen LogP contribution < -0.4 is 0 Å². The fourth-order valence-corrected chi connectivity index (χ4v) is 7.83. The molecule has 3 heterocycles. The molecule has 9 rings (SSSR count). The average molecular weight is 620 g/mol. The van der Waals surface area contributed by atoms with Gasteiger partial charge in [0.15, 0.2) is 5.82 Å². The average Bonchev–Trinajstić information content (AvgIpc) is 3.55. The van der Waals surface area contributed by atoms with Crippen molar-refractivity contribution in [2.45, 2.75) is 12.3 Å². The maximum atomic E-state index is 5.20. The summed E-state index contributed by atoms with van der Waals surface area (Å²) in [5, 5.41) is 3.71. The van der Waals surface area contributed by atoms with Gasteiger partial charge in [-0.2, -0.15) is 0 Å². The van der Waals surface area contributed by atoms with E-state index in [9.17, 15) is 0 Å². The van der Waals surface area contributed by atoms with E-state index in [4.69, 9.17) is 15.0 Å². The zero-order chi connectivity index (χ0) is 31.2. The van der Waals surface area contributed by atoms with Gasteiger partial charge in [-0.1, -0.05) is 140 Å². The molecule has 0 bridgehead atoms. The van der Waals surface area contributed by atoms with Crippen LogP contribution >= 0.6 is 11.3 Å². The van der Waals surface area contributed by atoms with Crippen molar-refractivity contribution in [2.24, 2.45) is 0 Å². The molecule has 0 fully saturated rings. The summed E-state index contributed by atoms with van der Waals surface area (Å²) in [6.07, 6.45) is 9.59. The number of pyridine rings is 1. The number of hydrogen-bond donors (Lipinski definition) is 0. The van der Waals surface area contributed by atoms with Crippen LogP contribution in [0.2, 0.25) is 0 Å². The van der Waals surface area contributed by atoms with Crippen LogP contribution in [0.3, 0.4) is 0 Å². The first-order valence-corrected chi connectivity index (χ1v) is 16.8. The van der Waals surface area contributed by atoms with Crippen molar-refractivity contribution in [2.75, 3.05) is 0 Å². The molecule has 0 amide bonds. The van der Waals surface area contributed by atoms with E-state index in [-0.39, 0.29) is 5.92 Å². The van der Waals surface area contributed by atoms with Crippen molar-refractivity contribution in [1.82, 2.24) is 15.0 Å². The summed E-state index contributed by atoms with van der Waals surface area (Å²) in [7, 11) is 0. The first kappa shape index (κ1) is 27.6. The number of aromatic nitrogens is 3. The molecule has 222 valence electrons. The number of rotatable bonds is 5. The van der Waals surface area contributed by atoms with E-state index in [1.165, 1.54) is 25.6 Å². The number of para-hydroxylation sites is 1. The standard InChI is InChI=1S/C43H29N3S/c1-3-11-30(12-4-1)37-27-38(31-13-5-2-6-14-31)46-43(45-37)33-25-21-29(22-26-33)28-19-23-32(24-20-28)41-40-35-16-8-10-18-39(35)47-42(40)34-15-7-9-17-36(34)44-41/h1-13,15-27,31H,14H2. The normalized spacial score (nSPS) is 14.3. The Bertz CT molecular complexity index is 2470. The molecule has 5 aromatic carbocycles. The summed E-state index contributed by atoms with van der Waals surface area (Å²) in [5.74, 6) is 0.994. The number of allylic oxidation sites excluding steroid dienone is 4. The highest BCUT2D eigenvalue weighted by Crippen LogP contribution is 2.43. The maximum Gasteiger partial charge on any atom is 0.160 e. The zero-order valence-electron chi connectivity index (χ0n) is 25.5. The molecular formula is C43H29N3S. The molecule has 0 saturated carbocycles. The molecule has 8 aromatic rings. The van der Waals surface area contributed by atoms with Crippen molar-refractivity contribution >= 4 is 42.4 Å². The van der Waals surface area contributed by atoms with Gasteiger partial charge in [-0.3, -0.25) is 0 Å². The van der Waals surface area contributed by atoms with Crippen LogP contribution in [0.1, 0.15) is 18.0 Å². The number of hydrogen-bond acceptors (Lipinski definition) is 4.